The smallest absolute Gasteiger partial charge is 0.203 e. The lowest BCUT2D eigenvalue weighted by Crippen LogP contribution is -2.17. The largest absolute Gasteiger partial charge is 0.493 e. The molecule has 0 spiro atoms. The standard InChI is InChI=1S/C25H28N2O5/c1-26-19-9-7-15-12-22(29-2)24(30-3)25(31-4)23(15)17-8-10-20(21(28)13-18(17)19)27-14-16-6-5-11-32-16/h5-6,8,10-13,19,26H,7,9,14H2,1-4H3,(H,27,28)/t19-/m0/s1. The topological polar surface area (TPSA) is 82.0 Å². The number of hydrogen-bond acceptors (Lipinski definition) is 7. The summed E-state index contributed by atoms with van der Waals surface area (Å²) in [5.74, 6) is 2.52. The Bertz CT molecular complexity index is 1160. The van der Waals surface area contributed by atoms with E-state index in [1.54, 1.807) is 33.7 Å². The van der Waals surface area contributed by atoms with Gasteiger partial charge < -0.3 is 29.3 Å². The van der Waals surface area contributed by atoms with E-state index in [1.807, 2.05) is 37.4 Å². The molecule has 168 valence electrons. The van der Waals surface area contributed by atoms with Crippen LogP contribution in [0.2, 0.25) is 0 Å². The van der Waals surface area contributed by atoms with Gasteiger partial charge in [-0.2, -0.15) is 0 Å². The lowest BCUT2D eigenvalue weighted by molar-refractivity contribution is 0.324. The molecule has 1 heterocycles. The molecule has 32 heavy (non-hydrogen) atoms. The van der Waals surface area contributed by atoms with Crippen LogP contribution in [-0.2, 0) is 13.0 Å². The summed E-state index contributed by atoms with van der Waals surface area (Å²) >= 11 is 0. The second-order valence-corrected chi connectivity index (χ2v) is 7.62. The average molecular weight is 437 g/mol. The Labute approximate surface area is 187 Å². The molecule has 4 rings (SSSR count). The van der Waals surface area contributed by atoms with Gasteiger partial charge in [0.15, 0.2) is 11.5 Å². The number of ether oxygens (including phenoxy) is 3. The van der Waals surface area contributed by atoms with Gasteiger partial charge in [-0.3, -0.25) is 4.79 Å². The lowest BCUT2D eigenvalue weighted by Gasteiger charge is -2.19. The first kappa shape index (κ1) is 21.8. The fraction of sp³-hybridized carbons (Fsp3) is 0.320. The molecule has 1 aromatic heterocycles. The van der Waals surface area contributed by atoms with Gasteiger partial charge in [-0.05, 0) is 66.9 Å². The zero-order chi connectivity index (χ0) is 22.7. The van der Waals surface area contributed by atoms with E-state index in [4.69, 9.17) is 18.6 Å². The van der Waals surface area contributed by atoms with Crippen LogP contribution in [-0.4, -0.2) is 28.4 Å². The summed E-state index contributed by atoms with van der Waals surface area (Å²) in [6.07, 6.45) is 3.24. The zero-order valence-corrected chi connectivity index (χ0v) is 18.8. The van der Waals surface area contributed by atoms with Gasteiger partial charge >= 0.3 is 0 Å². The van der Waals surface area contributed by atoms with E-state index >= 15 is 0 Å². The van der Waals surface area contributed by atoms with E-state index in [0.29, 0.717) is 29.5 Å². The van der Waals surface area contributed by atoms with Gasteiger partial charge in [-0.25, -0.2) is 0 Å². The van der Waals surface area contributed by atoms with Crippen LogP contribution in [0.5, 0.6) is 17.2 Å². The van der Waals surface area contributed by atoms with Crippen molar-refractivity contribution >= 4 is 5.69 Å². The van der Waals surface area contributed by atoms with Gasteiger partial charge in [0.1, 0.15) is 5.76 Å². The molecule has 0 bridgehead atoms. The number of hydrogen-bond donors (Lipinski definition) is 2. The normalized spacial score (nSPS) is 14.7. The predicted octanol–water partition coefficient (Wildman–Crippen LogP) is 4.15. The third-order valence-electron chi connectivity index (χ3n) is 5.92. The summed E-state index contributed by atoms with van der Waals surface area (Å²) in [7, 11) is 6.75. The monoisotopic (exact) mass is 436 g/mol. The molecule has 7 nitrogen and oxygen atoms in total. The number of fused-ring (bicyclic) bond motifs is 3. The molecule has 1 aliphatic rings. The number of nitrogens with one attached hydrogen (secondary N) is 2. The van der Waals surface area contributed by atoms with Crippen LogP contribution >= 0.6 is 0 Å². The number of benzene rings is 1. The van der Waals surface area contributed by atoms with Crippen LogP contribution in [0.4, 0.5) is 5.69 Å². The van der Waals surface area contributed by atoms with Gasteiger partial charge in [0.25, 0.3) is 0 Å². The molecule has 0 saturated carbocycles. The number of aryl methyl sites for hydroxylation is 1. The van der Waals surface area contributed by atoms with Crippen molar-refractivity contribution in [3.05, 3.63) is 69.8 Å². The minimum Gasteiger partial charge on any atom is -0.493 e. The Morgan fingerprint density at radius 1 is 1.06 bits per heavy atom. The van der Waals surface area contributed by atoms with Gasteiger partial charge in [0.05, 0.1) is 39.8 Å². The molecule has 7 heteroatoms. The lowest BCUT2D eigenvalue weighted by atomic mass is 9.95. The average Bonchev–Trinajstić information content (AvgIpc) is 3.22. The van der Waals surface area contributed by atoms with Crippen molar-refractivity contribution in [3.63, 3.8) is 0 Å². The van der Waals surface area contributed by atoms with Crippen molar-refractivity contribution in [2.45, 2.75) is 25.4 Å². The first-order valence-corrected chi connectivity index (χ1v) is 10.5. The molecule has 2 aromatic carbocycles. The van der Waals surface area contributed by atoms with Crippen molar-refractivity contribution in [2.75, 3.05) is 33.7 Å². The summed E-state index contributed by atoms with van der Waals surface area (Å²) in [6, 6.07) is 11.2. The van der Waals surface area contributed by atoms with E-state index in [1.165, 1.54) is 0 Å². The molecule has 1 aliphatic carbocycles. The first-order valence-electron chi connectivity index (χ1n) is 10.5. The van der Waals surface area contributed by atoms with E-state index in [2.05, 4.69) is 10.6 Å². The van der Waals surface area contributed by atoms with Gasteiger partial charge in [0.2, 0.25) is 11.2 Å². The summed E-state index contributed by atoms with van der Waals surface area (Å²) in [4.78, 5) is 13.1. The second-order valence-electron chi connectivity index (χ2n) is 7.62. The molecule has 2 N–H and O–H groups in total. The van der Waals surface area contributed by atoms with Crippen LogP contribution in [0.25, 0.3) is 11.1 Å². The molecular weight excluding hydrogens is 408 g/mol. The zero-order valence-electron chi connectivity index (χ0n) is 18.8. The Morgan fingerprint density at radius 3 is 2.53 bits per heavy atom. The van der Waals surface area contributed by atoms with Gasteiger partial charge in [0, 0.05) is 11.6 Å². The highest BCUT2D eigenvalue weighted by Gasteiger charge is 2.28. The van der Waals surface area contributed by atoms with Crippen LogP contribution in [0, 0.1) is 0 Å². The Hall–Kier alpha value is -3.45. The molecular formula is C25H28N2O5. The molecule has 1 atom stereocenters. The van der Waals surface area contributed by atoms with Crippen molar-refractivity contribution in [2.24, 2.45) is 0 Å². The molecule has 0 amide bonds. The quantitative estimate of drug-likeness (QED) is 0.576. The maximum Gasteiger partial charge on any atom is 0.203 e. The van der Waals surface area contributed by atoms with E-state index in [0.717, 1.165) is 40.9 Å². The van der Waals surface area contributed by atoms with Crippen LogP contribution < -0.4 is 30.3 Å². The molecule has 0 radical (unpaired) electrons. The summed E-state index contributed by atoms with van der Waals surface area (Å²) in [5.41, 5.74) is 4.28. The summed E-state index contributed by atoms with van der Waals surface area (Å²) in [5, 5.41) is 6.56. The predicted molar refractivity (Wildman–Crippen MR) is 124 cm³/mol. The van der Waals surface area contributed by atoms with Crippen molar-refractivity contribution in [1.82, 2.24) is 5.32 Å². The Kier molecular flexibility index (Phi) is 6.37. The second kappa shape index (κ2) is 9.36. The number of furan rings is 1. The fourth-order valence-electron chi connectivity index (χ4n) is 4.35. The van der Waals surface area contributed by atoms with Crippen LogP contribution in [0.1, 0.15) is 29.3 Å². The minimum absolute atomic E-state index is 0.0112. The Balaban J connectivity index is 1.91. The molecule has 0 unspecified atom stereocenters. The highest BCUT2D eigenvalue weighted by Crippen LogP contribution is 2.50. The fourth-order valence-corrected chi connectivity index (χ4v) is 4.35. The SMILES string of the molecule is CN[C@H]1CCc2cc(OC)c(OC)c(OC)c2-c2ccc(NCc3ccco3)c(=O)cc21. The highest BCUT2D eigenvalue weighted by atomic mass is 16.5. The van der Waals surface area contributed by atoms with E-state index < -0.39 is 0 Å². The van der Waals surface area contributed by atoms with Crippen LogP contribution in [0.3, 0.4) is 0 Å². The van der Waals surface area contributed by atoms with E-state index in [-0.39, 0.29) is 11.5 Å². The molecule has 0 saturated heterocycles. The number of methoxy groups -OCH3 is 3. The van der Waals surface area contributed by atoms with Crippen molar-refractivity contribution < 1.29 is 18.6 Å². The van der Waals surface area contributed by atoms with Crippen molar-refractivity contribution in [3.8, 4) is 28.4 Å². The van der Waals surface area contributed by atoms with Gasteiger partial charge in [-0.1, -0.05) is 6.07 Å². The summed E-state index contributed by atoms with van der Waals surface area (Å²) < 4.78 is 22.4. The molecule has 0 fully saturated rings. The molecule has 0 aliphatic heterocycles. The maximum absolute atomic E-state index is 13.1. The third kappa shape index (κ3) is 3.91. The molecule has 3 aromatic rings. The summed E-state index contributed by atoms with van der Waals surface area (Å²) in [6.45, 7) is 0.428. The number of anilines is 1. The highest BCUT2D eigenvalue weighted by molar-refractivity contribution is 5.83. The van der Waals surface area contributed by atoms with Crippen molar-refractivity contribution in [1.29, 1.82) is 0 Å². The maximum atomic E-state index is 13.1. The van der Waals surface area contributed by atoms with E-state index in [9.17, 15) is 4.79 Å². The third-order valence-corrected chi connectivity index (χ3v) is 5.92. The Morgan fingerprint density at radius 2 is 1.88 bits per heavy atom. The van der Waals surface area contributed by atoms with Gasteiger partial charge in [-0.15, -0.1) is 0 Å². The minimum atomic E-state index is -0.0825. The first-order chi connectivity index (χ1) is 15.6. The number of rotatable bonds is 7. The van der Waals surface area contributed by atoms with Crippen LogP contribution in [0.15, 0.2) is 51.9 Å².